The van der Waals surface area contributed by atoms with Crippen LogP contribution in [0.2, 0.25) is 0 Å². The molecule has 0 bridgehead atoms. The predicted octanol–water partition coefficient (Wildman–Crippen LogP) is 4.83. The molecule has 1 saturated heterocycles. The Morgan fingerprint density at radius 2 is 1.93 bits per heavy atom. The molecule has 5 heteroatoms. The Bertz CT molecular complexity index is 1000. The SMILES string of the molecule is Cc1ccc(CC(=O)N2CCC(Oc3nc4c(C)cccc4s3)CC2)c(C)c1. The molecular weight excluding hydrogens is 368 g/mol. The predicted molar refractivity (Wildman–Crippen MR) is 114 cm³/mol. The van der Waals surface area contributed by atoms with Crippen molar-refractivity contribution in [3.8, 4) is 5.19 Å². The average Bonchev–Trinajstić information content (AvgIpc) is 3.08. The van der Waals surface area contributed by atoms with Crippen LogP contribution in [-0.4, -0.2) is 35.0 Å². The van der Waals surface area contributed by atoms with Crippen LogP contribution in [0.4, 0.5) is 0 Å². The number of aromatic nitrogens is 1. The van der Waals surface area contributed by atoms with Gasteiger partial charge in [-0.3, -0.25) is 4.79 Å². The minimum atomic E-state index is 0.131. The number of thiazole rings is 1. The van der Waals surface area contributed by atoms with Gasteiger partial charge in [0.1, 0.15) is 6.10 Å². The van der Waals surface area contributed by atoms with Crippen molar-refractivity contribution in [2.45, 2.75) is 46.1 Å². The summed E-state index contributed by atoms with van der Waals surface area (Å²) >= 11 is 1.60. The summed E-state index contributed by atoms with van der Waals surface area (Å²) in [4.78, 5) is 19.3. The number of ether oxygens (including phenoxy) is 1. The van der Waals surface area contributed by atoms with Gasteiger partial charge >= 0.3 is 0 Å². The second-order valence-corrected chi connectivity index (χ2v) is 8.70. The summed E-state index contributed by atoms with van der Waals surface area (Å²) in [5.41, 5.74) is 5.76. The number of para-hydroxylation sites is 1. The molecule has 1 amide bonds. The highest BCUT2D eigenvalue weighted by atomic mass is 32.1. The number of carbonyl (C=O) groups is 1. The van der Waals surface area contributed by atoms with E-state index in [0.29, 0.717) is 6.42 Å². The Hall–Kier alpha value is -2.40. The van der Waals surface area contributed by atoms with Gasteiger partial charge in [0.2, 0.25) is 5.91 Å². The van der Waals surface area contributed by atoms with Crippen LogP contribution in [0, 0.1) is 20.8 Å². The van der Waals surface area contributed by atoms with Crippen LogP contribution in [-0.2, 0) is 11.2 Å². The molecule has 1 aliphatic heterocycles. The Labute approximate surface area is 170 Å². The molecule has 3 aromatic rings. The molecule has 0 radical (unpaired) electrons. The summed E-state index contributed by atoms with van der Waals surface area (Å²) in [6.45, 7) is 7.73. The van der Waals surface area contributed by atoms with Gasteiger partial charge in [-0.25, -0.2) is 4.98 Å². The van der Waals surface area contributed by atoms with E-state index >= 15 is 0 Å². The number of likely N-dealkylation sites (tertiary alicyclic amines) is 1. The molecule has 0 spiro atoms. The van der Waals surface area contributed by atoms with Crippen molar-refractivity contribution in [3.05, 3.63) is 58.7 Å². The molecular formula is C23H26N2O2S. The fourth-order valence-corrected chi connectivity index (χ4v) is 4.76. The summed E-state index contributed by atoms with van der Waals surface area (Å²) in [6.07, 6.45) is 2.32. The maximum Gasteiger partial charge on any atom is 0.274 e. The lowest BCUT2D eigenvalue weighted by Gasteiger charge is -2.31. The first kappa shape index (κ1) is 18.9. The highest BCUT2D eigenvalue weighted by Crippen LogP contribution is 2.31. The van der Waals surface area contributed by atoms with Gasteiger partial charge in [0.05, 0.1) is 16.6 Å². The standard InChI is InChI=1S/C23H26N2O2S/c1-15-7-8-18(17(3)13-15)14-21(26)25-11-9-19(10-12-25)27-23-24-22-16(2)5-4-6-20(22)28-23/h4-8,13,19H,9-12,14H2,1-3H3. The van der Waals surface area contributed by atoms with E-state index in [1.165, 1.54) is 16.7 Å². The molecule has 0 saturated carbocycles. The third-order valence-corrected chi connectivity index (χ3v) is 6.41. The number of benzene rings is 2. The zero-order valence-corrected chi connectivity index (χ0v) is 17.5. The summed E-state index contributed by atoms with van der Waals surface area (Å²) in [5.74, 6) is 0.209. The molecule has 4 nitrogen and oxygen atoms in total. The number of aryl methyl sites for hydroxylation is 3. The summed E-state index contributed by atoms with van der Waals surface area (Å²) < 4.78 is 7.31. The van der Waals surface area contributed by atoms with Gasteiger partial charge in [-0.1, -0.05) is 47.2 Å². The molecule has 2 aromatic carbocycles. The molecule has 0 atom stereocenters. The maximum absolute atomic E-state index is 12.7. The van der Waals surface area contributed by atoms with Crippen molar-refractivity contribution in [1.29, 1.82) is 0 Å². The molecule has 0 unspecified atom stereocenters. The molecule has 146 valence electrons. The van der Waals surface area contributed by atoms with Gasteiger partial charge in [0.15, 0.2) is 0 Å². The largest absolute Gasteiger partial charge is 0.467 e. The van der Waals surface area contributed by atoms with Crippen LogP contribution >= 0.6 is 11.3 Å². The molecule has 0 aliphatic carbocycles. The minimum absolute atomic E-state index is 0.131. The molecule has 1 aliphatic rings. The van der Waals surface area contributed by atoms with Crippen molar-refractivity contribution in [2.24, 2.45) is 0 Å². The number of hydrogen-bond donors (Lipinski definition) is 0. The molecule has 2 heterocycles. The maximum atomic E-state index is 12.7. The molecule has 28 heavy (non-hydrogen) atoms. The van der Waals surface area contributed by atoms with E-state index in [2.05, 4.69) is 62.2 Å². The highest BCUT2D eigenvalue weighted by molar-refractivity contribution is 7.20. The number of hydrogen-bond acceptors (Lipinski definition) is 4. The summed E-state index contributed by atoms with van der Waals surface area (Å²) in [5, 5.41) is 0.740. The minimum Gasteiger partial charge on any atom is -0.467 e. The number of carbonyl (C=O) groups excluding carboxylic acids is 1. The topological polar surface area (TPSA) is 42.4 Å². The van der Waals surface area contributed by atoms with Gasteiger partial charge in [-0.15, -0.1) is 0 Å². The van der Waals surface area contributed by atoms with Crippen LogP contribution in [0.1, 0.15) is 35.1 Å². The van der Waals surface area contributed by atoms with Crippen LogP contribution in [0.15, 0.2) is 36.4 Å². The number of rotatable bonds is 4. The van der Waals surface area contributed by atoms with Crippen molar-refractivity contribution in [1.82, 2.24) is 9.88 Å². The van der Waals surface area contributed by atoms with E-state index in [9.17, 15) is 4.79 Å². The first-order valence-corrected chi connectivity index (χ1v) is 10.7. The van der Waals surface area contributed by atoms with Crippen molar-refractivity contribution in [2.75, 3.05) is 13.1 Å². The fraction of sp³-hybridized carbons (Fsp3) is 0.391. The molecule has 4 rings (SSSR count). The lowest BCUT2D eigenvalue weighted by atomic mass is 10.0. The van der Waals surface area contributed by atoms with Gasteiger partial charge in [0, 0.05) is 25.9 Å². The monoisotopic (exact) mass is 394 g/mol. The third kappa shape index (κ3) is 4.04. The van der Waals surface area contributed by atoms with Gasteiger partial charge < -0.3 is 9.64 Å². The van der Waals surface area contributed by atoms with Crippen LogP contribution < -0.4 is 4.74 Å². The highest BCUT2D eigenvalue weighted by Gasteiger charge is 2.25. The smallest absolute Gasteiger partial charge is 0.274 e. The Balaban J connectivity index is 1.33. The first-order chi connectivity index (χ1) is 13.5. The lowest BCUT2D eigenvalue weighted by molar-refractivity contribution is -0.132. The Morgan fingerprint density at radius 1 is 1.14 bits per heavy atom. The normalized spacial score (nSPS) is 15.2. The summed E-state index contributed by atoms with van der Waals surface area (Å²) in [7, 11) is 0. The van der Waals surface area contributed by atoms with E-state index in [1.54, 1.807) is 11.3 Å². The van der Waals surface area contributed by atoms with Crippen molar-refractivity contribution in [3.63, 3.8) is 0 Å². The van der Waals surface area contributed by atoms with Crippen LogP contribution in [0.3, 0.4) is 0 Å². The fourth-order valence-electron chi connectivity index (χ4n) is 3.80. The van der Waals surface area contributed by atoms with Gasteiger partial charge in [-0.05, 0) is 43.5 Å². The lowest BCUT2D eigenvalue weighted by Crippen LogP contribution is -2.42. The van der Waals surface area contributed by atoms with Crippen LogP contribution in [0.25, 0.3) is 10.2 Å². The number of amides is 1. The Morgan fingerprint density at radius 3 is 2.64 bits per heavy atom. The molecule has 1 fully saturated rings. The molecule has 0 N–H and O–H groups in total. The zero-order chi connectivity index (χ0) is 19.7. The molecule has 1 aromatic heterocycles. The van der Waals surface area contributed by atoms with Gasteiger partial charge in [-0.2, -0.15) is 0 Å². The summed E-state index contributed by atoms with van der Waals surface area (Å²) in [6, 6.07) is 12.5. The van der Waals surface area contributed by atoms with E-state index in [-0.39, 0.29) is 12.0 Å². The quantitative estimate of drug-likeness (QED) is 0.636. The van der Waals surface area contributed by atoms with Crippen LogP contribution in [0.5, 0.6) is 5.19 Å². The second kappa shape index (κ2) is 7.92. The van der Waals surface area contributed by atoms with E-state index < -0.39 is 0 Å². The van der Waals surface area contributed by atoms with Crippen molar-refractivity contribution >= 4 is 27.5 Å². The van der Waals surface area contributed by atoms with E-state index in [1.807, 2.05) is 4.90 Å². The zero-order valence-electron chi connectivity index (χ0n) is 16.7. The van der Waals surface area contributed by atoms with E-state index in [0.717, 1.165) is 46.9 Å². The van der Waals surface area contributed by atoms with E-state index in [4.69, 9.17) is 4.74 Å². The first-order valence-electron chi connectivity index (χ1n) is 9.86. The van der Waals surface area contributed by atoms with Gasteiger partial charge in [0.25, 0.3) is 5.19 Å². The van der Waals surface area contributed by atoms with Crippen molar-refractivity contribution < 1.29 is 9.53 Å². The average molecular weight is 395 g/mol. The number of nitrogens with zero attached hydrogens (tertiary/aromatic N) is 2. The Kier molecular flexibility index (Phi) is 5.36. The third-order valence-electron chi connectivity index (χ3n) is 5.50. The second-order valence-electron chi connectivity index (χ2n) is 7.71. The number of piperidine rings is 1. The number of fused-ring (bicyclic) bond motifs is 1.